The van der Waals surface area contributed by atoms with Gasteiger partial charge in [-0.15, -0.1) is 0 Å². The van der Waals surface area contributed by atoms with Gasteiger partial charge in [-0.25, -0.2) is 0 Å². The van der Waals surface area contributed by atoms with E-state index < -0.39 is 0 Å². The first-order valence-corrected chi connectivity index (χ1v) is 6.30. The third kappa shape index (κ3) is 1.11. The van der Waals surface area contributed by atoms with E-state index in [0.717, 1.165) is 17.8 Å². The van der Waals surface area contributed by atoms with E-state index in [1.807, 2.05) is 0 Å². The van der Waals surface area contributed by atoms with Crippen LogP contribution in [0.15, 0.2) is 0 Å². The maximum atomic E-state index is 6.54. The van der Waals surface area contributed by atoms with Gasteiger partial charge in [0.2, 0.25) is 0 Å². The van der Waals surface area contributed by atoms with Crippen LogP contribution in [0.3, 0.4) is 0 Å². The van der Waals surface area contributed by atoms with Gasteiger partial charge in [-0.2, -0.15) is 0 Å². The summed E-state index contributed by atoms with van der Waals surface area (Å²) in [4.78, 5) is 0. The molecule has 0 aromatic rings. The van der Waals surface area contributed by atoms with Gasteiger partial charge in [0.25, 0.3) is 0 Å². The van der Waals surface area contributed by atoms with Crippen LogP contribution in [0.2, 0.25) is 0 Å². The zero-order valence-corrected chi connectivity index (χ0v) is 9.55. The maximum absolute atomic E-state index is 6.54. The van der Waals surface area contributed by atoms with E-state index in [-0.39, 0.29) is 5.54 Å². The van der Waals surface area contributed by atoms with Crippen LogP contribution >= 0.6 is 0 Å². The maximum Gasteiger partial charge on any atom is 0.0165 e. The molecular formula is C13H23N. The molecule has 0 spiro atoms. The van der Waals surface area contributed by atoms with E-state index in [9.17, 15) is 0 Å². The number of rotatable bonds is 1. The van der Waals surface area contributed by atoms with E-state index in [1.165, 1.54) is 38.5 Å². The lowest BCUT2D eigenvalue weighted by atomic mass is 9.44. The van der Waals surface area contributed by atoms with Gasteiger partial charge < -0.3 is 5.73 Å². The van der Waals surface area contributed by atoms with Crippen LogP contribution in [0.4, 0.5) is 0 Å². The highest BCUT2D eigenvalue weighted by atomic mass is 14.8. The third-order valence-corrected chi connectivity index (χ3v) is 5.38. The van der Waals surface area contributed by atoms with Gasteiger partial charge in [-0.3, -0.25) is 0 Å². The van der Waals surface area contributed by atoms with E-state index in [2.05, 4.69) is 13.8 Å². The fourth-order valence-corrected chi connectivity index (χ4v) is 5.08. The third-order valence-electron chi connectivity index (χ3n) is 5.38. The molecule has 0 aliphatic heterocycles. The van der Waals surface area contributed by atoms with Gasteiger partial charge in [0, 0.05) is 5.54 Å². The van der Waals surface area contributed by atoms with Crippen molar-refractivity contribution >= 4 is 0 Å². The molecule has 4 aliphatic rings. The second-order valence-electron chi connectivity index (χ2n) is 6.84. The van der Waals surface area contributed by atoms with Crippen LogP contribution in [-0.2, 0) is 0 Å². The highest BCUT2D eigenvalue weighted by molar-refractivity contribution is 5.11. The zero-order chi connectivity index (χ0) is 9.97. The summed E-state index contributed by atoms with van der Waals surface area (Å²) in [5, 5.41) is 0. The molecule has 4 saturated carbocycles. The fraction of sp³-hybridized carbons (Fsp3) is 1.00. The van der Waals surface area contributed by atoms with Gasteiger partial charge in [-0.05, 0) is 61.7 Å². The van der Waals surface area contributed by atoms with E-state index in [4.69, 9.17) is 5.73 Å². The summed E-state index contributed by atoms with van der Waals surface area (Å²) in [5.74, 6) is 2.80. The summed E-state index contributed by atoms with van der Waals surface area (Å²) >= 11 is 0. The minimum absolute atomic E-state index is 0.244. The standard InChI is InChI=1S/C13H23N/c1-9(2)12-4-10-3-11(5-12)7-13(14,6-10)8-12/h9-11H,3-8,14H2,1-2H3/t10-,11-,12?,13?/m0/s1. The average Bonchev–Trinajstić information content (AvgIpc) is 1.98. The van der Waals surface area contributed by atoms with Crippen molar-refractivity contribution in [3.8, 4) is 0 Å². The van der Waals surface area contributed by atoms with Crippen molar-refractivity contribution in [1.82, 2.24) is 0 Å². The second kappa shape index (κ2) is 2.55. The predicted octanol–water partition coefficient (Wildman–Crippen LogP) is 2.94. The topological polar surface area (TPSA) is 26.0 Å². The van der Waals surface area contributed by atoms with Crippen LogP contribution in [-0.4, -0.2) is 5.54 Å². The molecule has 80 valence electrons. The van der Waals surface area contributed by atoms with E-state index >= 15 is 0 Å². The van der Waals surface area contributed by atoms with Crippen molar-refractivity contribution < 1.29 is 0 Å². The molecule has 0 amide bonds. The van der Waals surface area contributed by atoms with Gasteiger partial charge in [0.05, 0.1) is 0 Å². The van der Waals surface area contributed by atoms with Crippen LogP contribution in [0.1, 0.15) is 52.4 Å². The summed E-state index contributed by atoms with van der Waals surface area (Å²) in [6, 6.07) is 0. The number of hydrogen-bond donors (Lipinski definition) is 1. The number of nitrogens with two attached hydrogens (primary N) is 1. The SMILES string of the molecule is CC(C)C12C[C@@H]3C[C@H](CC(N)(C3)C1)C2. The van der Waals surface area contributed by atoms with Gasteiger partial charge in [-0.1, -0.05) is 13.8 Å². The second-order valence-corrected chi connectivity index (χ2v) is 6.84. The average molecular weight is 193 g/mol. The quantitative estimate of drug-likeness (QED) is 0.681. The molecule has 4 aliphatic carbocycles. The molecule has 0 saturated heterocycles. The lowest BCUT2D eigenvalue weighted by Crippen LogP contribution is -2.61. The van der Waals surface area contributed by atoms with Crippen molar-refractivity contribution in [3.63, 3.8) is 0 Å². The Kier molecular flexibility index (Phi) is 1.68. The molecule has 0 radical (unpaired) electrons. The molecule has 0 aromatic heterocycles. The first kappa shape index (κ1) is 9.21. The minimum atomic E-state index is 0.244. The molecule has 0 aromatic carbocycles. The Bertz CT molecular complexity index is 242. The summed E-state index contributed by atoms with van der Waals surface area (Å²) in [6.45, 7) is 4.83. The Hall–Kier alpha value is -0.0400. The zero-order valence-electron chi connectivity index (χ0n) is 9.55. The predicted molar refractivity (Wildman–Crippen MR) is 58.9 cm³/mol. The smallest absolute Gasteiger partial charge is 0.0165 e. The molecular weight excluding hydrogens is 170 g/mol. The molecule has 4 fully saturated rings. The fourth-order valence-electron chi connectivity index (χ4n) is 5.08. The first-order valence-electron chi connectivity index (χ1n) is 6.30. The van der Waals surface area contributed by atoms with Crippen molar-refractivity contribution in [3.05, 3.63) is 0 Å². The minimum Gasteiger partial charge on any atom is -0.325 e. The van der Waals surface area contributed by atoms with Crippen LogP contribution < -0.4 is 5.73 Å². The molecule has 14 heavy (non-hydrogen) atoms. The largest absolute Gasteiger partial charge is 0.325 e. The lowest BCUT2D eigenvalue weighted by molar-refractivity contribution is -0.0913. The highest BCUT2D eigenvalue weighted by Crippen LogP contribution is 2.63. The monoisotopic (exact) mass is 193 g/mol. The molecule has 0 heterocycles. The first-order chi connectivity index (χ1) is 6.51. The Morgan fingerprint density at radius 2 is 1.64 bits per heavy atom. The summed E-state index contributed by atoms with van der Waals surface area (Å²) < 4.78 is 0. The van der Waals surface area contributed by atoms with Crippen LogP contribution in [0.5, 0.6) is 0 Å². The molecule has 4 bridgehead atoms. The molecule has 1 heteroatoms. The summed E-state index contributed by atoms with van der Waals surface area (Å²) in [7, 11) is 0. The molecule has 2 N–H and O–H groups in total. The molecule has 2 atom stereocenters. The highest BCUT2D eigenvalue weighted by Gasteiger charge is 2.56. The van der Waals surface area contributed by atoms with E-state index in [1.54, 1.807) is 0 Å². The lowest BCUT2D eigenvalue weighted by Gasteiger charge is -2.62. The van der Waals surface area contributed by atoms with Gasteiger partial charge in [0.15, 0.2) is 0 Å². The Morgan fingerprint density at radius 3 is 2.07 bits per heavy atom. The Balaban J connectivity index is 1.96. The van der Waals surface area contributed by atoms with Crippen molar-refractivity contribution in [2.75, 3.05) is 0 Å². The molecule has 0 unspecified atom stereocenters. The van der Waals surface area contributed by atoms with Crippen LogP contribution in [0, 0.1) is 23.2 Å². The summed E-state index contributed by atoms with van der Waals surface area (Å²) in [5.41, 5.74) is 7.43. The molecule has 1 nitrogen and oxygen atoms in total. The Morgan fingerprint density at radius 1 is 1.07 bits per heavy atom. The Labute approximate surface area is 87.4 Å². The number of hydrogen-bond acceptors (Lipinski definition) is 1. The van der Waals surface area contributed by atoms with Gasteiger partial charge >= 0.3 is 0 Å². The summed E-state index contributed by atoms with van der Waals surface area (Å²) in [6.07, 6.45) is 8.45. The van der Waals surface area contributed by atoms with Crippen molar-refractivity contribution in [2.24, 2.45) is 28.9 Å². The molecule has 4 rings (SSSR count). The van der Waals surface area contributed by atoms with Crippen molar-refractivity contribution in [2.45, 2.75) is 57.9 Å². The van der Waals surface area contributed by atoms with E-state index in [0.29, 0.717) is 5.41 Å². The van der Waals surface area contributed by atoms with Crippen LogP contribution in [0.25, 0.3) is 0 Å². The van der Waals surface area contributed by atoms with Crippen molar-refractivity contribution in [1.29, 1.82) is 0 Å². The van der Waals surface area contributed by atoms with Gasteiger partial charge in [0.1, 0.15) is 0 Å². The normalized spacial score (nSPS) is 55.7.